The van der Waals surface area contributed by atoms with E-state index in [-0.39, 0.29) is 0 Å². The largest absolute Gasteiger partial charge is 0.359 e. The second-order valence-electron chi connectivity index (χ2n) is 5.89. The van der Waals surface area contributed by atoms with E-state index in [4.69, 9.17) is 4.52 Å². The van der Waals surface area contributed by atoms with Gasteiger partial charge in [-0.3, -0.25) is 0 Å². The van der Waals surface area contributed by atoms with Gasteiger partial charge in [0.25, 0.3) is 0 Å². The van der Waals surface area contributed by atoms with Gasteiger partial charge in [0.1, 0.15) is 0 Å². The molecule has 0 spiro atoms. The third-order valence-corrected chi connectivity index (χ3v) is 4.03. The van der Waals surface area contributed by atoms with E-state index in [2.05, 4.69) is 45.5 Å². The molecule has 1 aliphatic carbocycles. The van der Waals surface area contributed by atoms with Crippen molar-refractivity contribution in [2.24, 2.45) is 0 Å². The van der Waals surface area contributed by atoms with Crippen LogP contribution >= 0.6 is 0 Å². The summed E-state index contributed by atoms with van der Waals surface area (Å²) in [6, 6.07) is 11.4. The molecule has 108 valence electrons. The molecule has 21 heavy (non-hydrogen) atoms. The molecule has 1 aromatic carbocycles. The molecule has 1 saturated carbocycles. The Bertz CT molecular complexity index is 767. The van der Waals surface area contributed by atoms with Crippen molar-refractivity contribution in [1.29, 1.82) is 0 Å². The summed E-state index contributed by atoms with van der Waals surface area (Å²) in [5.74, 6) is 0.898. The fraction of sp³-hybridized carbons (Fsp3) is 0.353. The number of nitrogens with one attached hydrogen (secondary N) is 1. The van der Waals surface area contributed by atoms with Crippen LogP contribution in [0.2, 0.25) is 0 Å². The quantitative estimate of drug-likeness (QED) is 0.780. The minimum absolute atomic E-state index is 0.723. The zero-order chi connectivity index (χ0) is 14.2. The summed E-state index contributed by atoms with van der Waals surface area (Å²) in [6.45, 7) is 3.61. The standard InChI is InChI=1S/C17H19N3O/c1-12-9-16(21-19-12)11-20-8-7-13-3-2-4-14(17(13)20)10-18-15-5-6-15/h2-4,7-9,15,18H,5-6,10-11H2,1H3. The van der Waals surface area contributed by atoms with Gasteiger partial charge in [-0.05, 0) is 36.8 Å². The van der Waals surface area contributed by atoms with Gasteiger partial charge in [0.2, 0.25) is 0 Å². The van der Waals surface area contributed by atoms with Crippen LogP contribution in [-0.2, 0) is 13.1 Å². The van der Waals surface area contributed by atoms with E-state index in [0.717, 1.165) is 30.6 Å². The minimum atomic E-state index is 0.723. The van der Waals surface area contributed by atoms with Gasteiger partial charge in [-0.15, -0.1) is 0 Å². The van der Waals surface area contributed by atoms with E-state index >= 15 is 0 Å². The van der Waals surface area contributed by atoms with Crippen molar-refractivity contribution in [2.75, 3.05) is 0 Å². The van der Waals surface area contributed by atoms with Gasteiger partial charge in [-0.1, -0.05) is 23.4 Å². The summed E-state index contributed by atoms with van der Waals surface area (Å²) < 4.78 is 7.60. The Morgan fingerprint density at radius 1 is 1.33 bits per heavy atom. The van der Waals surface area contributed by atoms with Crippen molar-refractivity contribution < 1.29 is 4.52 Å². The second-order valence-corrected chi connectivity index (χ2v) is 5.89. The summed E-state index contributed by atoms with van der Waals surface area (Å²) in [6.07, 6.45) is 4.76. The third kappa shape index (κ3) is 2.59. The number of benzene rings is 1. The lowest BCUT2D eigenvalue weighted by atomic mass is 10.1. The van der Waals surface area contributed by atoms with Crippen LogP contribution in [0.25, 0.3) is 10.9 Å². The topological polar surface area (TPSA) is 43.0 Å². The molecule has 2 aromatic heterocycles. The van der Waals surface area contributed by atoms with Gasteiger partial charge < -0.3 is 14.4 Å². The second kappa shape index (κ2) is 5.04. The SMILES string of the molecule is Cc1cc(Cn2ccc3cccc(CNC4CC4)c32)on1. The number of nitrogens with zero attached hydrogens (tertiary/aromatic N) is 2. The molecule has 0 saturated heterocycles. The summed E-state index contributed by atoms with van der Waals surface area (Å²) in [5, 5.41) is 8.85. The molecule has 0 aliphatic heterocycles. The fourth-order valence-corrected chi connectivity index (χ4v) is 2.82. The molecule has 0 unspecified atom stereocenters. The van der Waals surface area contributed by atoms with Crippen LogP contribution in [0.5, 0.6) is 0 Å². The zero-order valence-electron chi connectivity index (χ0n) is 12.2. The van der Waals surface area contributed by atoms with Crippen molar-refractivity contribution in [1.82, 2.24) is 15.0 Å². The lowest BCUT2D eigenvalue weighted by Crippen LogP contribution is -2.16. The summed E-state index contributed by atoms with van der Waals surface area (Å²) in [4.78, 5) is 0. The van der Waals surface area contributed by atoms with Crippen molar-refractivity contribution in [2.45, 2.75) is 38.9 Å². The number of hydrogen-bond donors (Lipinski definition) is 1. The van der Waals surface area contributed by atoms with Crippen molar-refractivity contribution in [3.8, 4) is 0 Å². The van der Waals surface area contributed by atoms with Crippen molar-refractivity contribution in [3.63, 3.8) is 0 Å². The van der Waals surface area contributed by atoms with Gasteiger partial charge in [0.05, 0.1) is 17.8 Å². The van der Waals surface area contributed by atoms with Crippen LogP contribution in [-0.4, -0.2) is 15.8 Å². The number of fused-ring (bicyclic) bond motifs is 1. The predicted molar refractivity (Wildman–Crippen MR) is 82.1 cm³/mol. The van der Waals surface area contributed by atoms with Gasteiger partial charge in [0.15, 0.2) is 5.76 Å². The van der Waals surface area contributed by atoms with E-state index in [1.807, 2.05) is 13.0 Å². The molecule has 3 aromatic rings. The maximum Gasteiger partial charge on any atom is 0.156 e. The average Bonchev–Trinajstić information content (AvgIpc) is 3.10. The van der Waals surface area contributed by atoms with Gasteiger partial charge in [-0.25, -0.2) is 0 Å². The minimum Gasteiger partial charge on any atom is -0.359 e. The summed E-state index contributed by atoms with van der Waals surface area (Å²) in [5.41, 5.74) is 3.57. The molecule has 0 radical (unpaired) electrons. The molecule has 0 bridgehead atoms. The molecule has 1 N–H and O–H groups in total. The Kier molecular flexibility index (Phi) is 3.04. The first-order valence-electron chi connectivity index (χ1n) is 7.52. The molecule has 4 nitrogen and oxygen atoms in total. The average molecular weight is 281 g/mol. The molecule has 4 heteroatoms. The number of aromatic nitrogens is 2. The highest BCUT2D eigenvalue weighted by Crippen LogP contribution is 2.24. The molecule has 4 rings (SSSR count). The van der Waals surface area contributed by atoms with Crippen molar-refractivity contribution in [3.05, 3.63) is 53.5 Å². The molecule has 0 amide bonds. The fourth-order valence-electron chi connectivity index (χ4n) is 2.82. The Morgan fingerprint density at radius 2 is 2.24 bits per heavy atom. The van der Waals surface area contributed by atoms with Crippen molar-refractivity contribution >= 4 is 10.9 Å². The van der Waals surface area contributed by atoms with Crippen LogP contribution in [0.3, 0.4) is 0 Å². The molecule has 1 aliphatic rings. The lowest BCUT2D eigenvalue weighted by Gasteiger charge is -2.09. The Labute approximate surface area is 123 Å². The van der Waals surface area contributed by atoms with Crippen LogP contribution in [0.4, 0.5) is 0 Å². The maximum absolute atomic E-state index is 5.35. The van der Waals surface area contributed by atoms with E-state index < -0.39 is 0 Å². The first-order valence-corrected chi connectivity index (χ1v) is 7.52. The highest BCUT2D eigenvalue weighted by Gasteiger charge is 2.20. The highest BCUT2D eigenvalue weighted by molar-refractivity contribution is 5.83. The van der Waals surface area contributed by atoms with E-state index in [0.29, 0.717) is 0 Å². The zero-order valence-corrected chi connectivity index (χ0v) is 12.2. The van der Waals surface area contributed by atoms with Crippen LogP contribution in [0.1, 0.15) is 29.9 Å². The smallest absolute Gasteiger partial charge is 0.156 e. The first-order chi connectivity index (χ1) is 10.3. The monoisotopic (exact) mass is 281 g/mol. The Balaban J connectivity index is 1.67. The van der Waals surface area contributed by atoms with Crippen LogP contribution < -0.4 is 5.32 Å². The third-order valence-electron chi connectivity index (χ3n) is 4.03. The van der Waals surface area contributed by atoms with Gasteiger partial charge in [0, 0.05) is 24.8 Å². The molecule has 2 heterocycles. The lowest BCUT2D eigenvalue weighted by molar-refractivity contribution is 0.374. The van der Waals surface area contributed by atoms with E-state index in [9.17, 15) is 0 Å². The Hall–Kier alpha value is -2.07. The first kappa shape index (κ1) is 12.7. The molecular weight excluding hydrogens is 262 g/mol. The number of hydrogen-bond acceptors (Lipinski definition) is 3. The Morgan fingerprint density at radius 3 is 3.00 bits per heavy atom. The molecular formula is C17H19N3O. The van der Waals surface area contributed by atoms with Crippen LogP contribution in [0.15, 0.2) is 41.1 Å². The number of para-hydroxylation sites is 1. The normalized spacial score (nSPS) is 14.9. The van der Waals surface area contributed by atoms with Gasteiger partial charge >= 0.3 is 0 Å². The highest BCUT2D eigenvalue weighted by atomic mass is 16.5. The maximum atomic E-state index is 5.35. The number of aryl methyl sites for hydroxylation is 1. The molecule has 1 fully saturated rings. The molecule has 0 atom stereocenters. The van der Waals surface area contributed by atoms with E-state index in [1.165, 1.54) is 29.3 Å². The number of rotatable bonds is 5. The predicted octanol–water partition coefficient (Wildman–Crippen LogP) is 3.24. The van der Waals surface area contributed by atoms with Crippen LogP contribution in [0, 0.1) is 6.92 Å². The summed E-state index contributed by atoms with van der Waals surface area (Å²) in [7, 11) is 0. The van der Waals surface area contributed by atoms with Gasteiger partial charge in [-0.2, -0.15) is 0 Å². The van der Waals surface area contributed by atoms with E-state index in [1.54, 1.807) is 0 Å². The summed E-state index contributed by atoms with van der Waals surface area (Å²) >= 11 is 0.